The molecule has 1 fully saturated rings. The first-order valence-corrected chi connectivity index (χ1v) is 7.15. The molecule has 2 atom stereocenters. The number of carboxylic acids is 1. The van der Waals surface area contributed by atoms with Gasteiger partial charge in [0.05, 0.1) is 19.1 Å². The second kappa shape index (κ2) is 7.02. The van der Waals surface area contributed by atoms with Gasteiger partial charge < -0.3 is 9.84 Å². The summed E-state index contributed by atoms with van der Waals surface area (Å²) in [6.45, 7) is -0.0907. The summed E-state index contributed by atoms with van der Waals surface area (Å²) in [6, 6.07) is 2.00. The molecule has 0 bridgehead atoms. The molecule has 0 amide bonds. The minimum atomic E-state index is -4.40. The minimum absolute atomic E-state index is 0.0245. The van der Waals surface area contributed by atoms with E-state index in [9.17, 15) is 27.5 Å². The fourth-order valence-corrected chi connectivity index (χ4v) is 2.84. The Morgan fingerprint density at radius 3 is 2.74 bits per heavy atom. The van der Waals surface area contributed by atoms with Crippen LogP contribution in [0.4, 0.5) is 17.6 Å². The monoisotopic (exact) mass is 355 g/mol. The van der Waals surface area contributed by atoms with Gasteiger partial charge >= 0.3 is 12.1 Å². The van der Waals surface area contributed by atoms with E-state index in [2.05, 4.69) is 0 Å². The number of hydrogen-bond donors (Lipinski definition) is 1. The van der Waals surface area contributed by atoms with Gasteiger partial charge in [-0.15, -0.1) is 0 Å². The van der Waals surface area contributed by atoms with E-state index in [-0.39, 0.29) is 30.3 Å². The quantitative estimate of drug-likeness (QED) is 0.842. The van der Waals surface area contributed by atoms with Crippen LogP contribution in [0.15, 0.2) is 18.2 Å². The van der Waals surface area contributed by atoms with Crippen molar-refractivity contribution in [1.82, 2.24) is 4.90 Å². The maximum atomic E-state index is 13.1. The third-order valence-corrected chi connectivity index (χ3v) is 3.81. The number of carbonyl (C=O) groups is 1. The summed E-state index contributed by atoms with van der Waals surface area (Å²) >= 11 is 5.89. The predicted molar refractivity (Wildman–Crippen MR) is 73.8 cm³/mol. The van der Waals surface area contributed by atoms with E-state index in [1.165, 1.54) is 11.0 Å². The number of alkyl halides is 3. The molecule has 1 aromatic rings. The predicted octanol–water partition coefficient (Wildman–Crippen LogP) is 3.26. The smallest absolute Gasteiger partial charge is 0.391 e. The third-order valence-electron chi connectivity index (χ3n) is 3.49. The number of aliphatic carboxylic acids is 1. The van der Waals surface area contributed by atoms with Crippen molar-refractivity contribution in [3.63, 3.8) is 0 Å². The van der Waals surface area contributed by atoms with Crippen molar-refractivity contribution in [2.75, 3.05) is 19.7 Å². The SMILES string of the molecule is O=C(O)C(c1ccc(F)cc1Cl)N1CCOC(CC(F)(F)F)C1. The van der Waals surface area contributed by atoms with E-state index >= 15 is 0 Å². The Morgan fingerprint density at radius 1 is 1.48 bits per heavy atom. The van der Waals surface area contributed by atoms with E-state index in [1.54, 1.807) is 0 Å². The Hall–Kier alpha value is -1.38. The fourth-order valence-electron chi connectivity index (χ4n) is 2.57. The summed E-state index contributed by atoms with van der Waals surface area (Å²) in [4.78, 5) is 12.9. The number of nitrogens with zero attached hydrogens (tertiary/aromatic N) is 1. The van der Waals surface area contributed by atoms with Gasteiger partial charge in [-0.1, -0.05) is 17.7 Å². The number of rotatable bonds is 4. The van der Waals surface area contributed by atoms with E-state index in [0.29, 0.717) is 0 Å². The second-order valence-corrected chi connectivity index (χ2v) is 5.62. The molecule has 0 radical (unpaired) electrons. The first-order chi connectivity index (χ1) is 10.7. The molecule has 1 heterocycles. The molecule has 0 aromatic heterocycles. The Kier molecular flexibility index (Phi) is 5.49. The lowest BCUT2D eigenvalue weighted by Crippen LogP contribution is -2.47. The van der Waals surface area contributed by atoms with E-state index in [1.807, 2.05) is 0 Å². The number of hydrogen-bond acceptors (Lipinski definition) is 3. The molecular formula is C14H14ClF4NO3. The Balaban J connectivity index is 2.22. The van der Waals surface area contributed by atoms with Crippen LogP contribution >= 0.6 is 11.6 Å². The minimum Gasteiger partial charge on any atom is -0.480 e. The molecule has 2 unspecified atom stereocenters. The number of morpholine rings is 1. The third kappa shape index (κ3) is 4.79. The van der Waals surface area contributed by atoms with Gasteiger partial charge in [0, 0.05) is 18.1 Å². The zero-order valence-electron chi connectivity index (χ0n) is 11.8. The summed E-state index contributed by atoms with van der Waals surface area (Å²) in [5.41, 5.74) is 0.133. The molecule has 2 rings (SSSR count). The van der Waals surface area contributed by atoms with Gasteiger partial charge in [-0.05, 0) is 17.7 Å². The molecule has 1 N–H and O–H groups in total. The van der Waals surface area contributed by atoms with Crippen LogP contribution in [-0.2, 0) is 9.53 Å². The highest BCUT2D eigenvalue weighted by atomic mass is 35.5. The highest BCUT2D eigenvalue weighted by Crippen LogP contribution is 2.32. The Labute approximate surface area is 134 Å². The second-order valence-electron chi connectivity index (χ2n) is 5.21. The van der Waals surface area contributed by atoms with Crippen LogP contribution in [0.3, 0.4) is 0 Å². The molecule has 1 saturated heterocycles. The van der Waals surface area contributed by atoms with Gasteiger partial charge in [0.2, 0.25) is 0 Å². The zero-order chi connectivity index (χ0) is 17.2. The van der Waals surface area contributed by atoms with Gasteiger partial charge in [0.15, 0.2) is 0 Å². The largest absolute Gasteiger partial charge is 0.480 e. The topological polar surface area (TPSA) is 49.8 Å². The lowest BCUT2D eigenvalue weighted by Gasteiger charge is -2.37. The first kappa shape index (κ1) is 18.0. The summed E-state index contributed by atoms with van der Waals surface area (Å²) in [6.07, 6.45) is -6.71. The van der Waals surface area contributed by atoms with E-state index in [4.69, 9.17) is 16.3 Å². The maximum Gasteiger partial charge on any atom is 0.391 e. The molecule has 0 spiro atoms. The number of carboxylic acid groups (broad SMARTS) is 1. The Morgan fingerprint density at radius 2 is 2.17 bits per heavy atom. The van der Waals surface area contributed by atoms with Crippen molar-refractivity contribution < 1.29 is 32.2 Å². The van der Waals surface area contributed by atoms with Crippen molar-refractivity contribution >= 4 is 17.6 Å². The first-order valence-electron chi connectivity index (χ1n) is 6.77. The van der Waals surface area contributed by atoms with Gasteiger partial charge in [-0.2, -0.15) is 13.2 Å². The maximum absolute atomic E-state index is 13.1. The lowest BCUT2D eigenvalue weighted by atomic mass is 10.0. The summed E-state index contributed by atoms with van der Waals surface area (Å²) in [7, 11) is 0. The van der Waals surface area contributed by atoms with E-state index < -0.39 is 36.5 Å². The van der Waals surface area contributed by atoms with Gasteiger partial charge in [0.25, 0.3) is 0 Å². The lowest BCUT2D eigenvalue weighted by molar-refractivity contribution is -0.174. The summed E-state index contributed by atoms with van der Waals surface area (Å²) in [5.74, 6) is -1.90. The fraction of sp³-hybridized carbons (Fsp3) is 0.500. The van der Waals surface area contributed by atoms with Crippen LogP contribution in [0, 0.1) is 5.82 Å². The molecular weight excluding hydrogens is 342 g/mol. The van der Waals surface area contributed by atoms with Crippen LogP contribution < -0.4 is 0 Å². The van der Waals surface area contributed by atoms with Crippen molar-refractivity contribution in [3.05, 3.63) is 34.6 Å². The summed E-state index contributed by atoms with van der Waals surface area (Å²) in [5, 5.41) is 9.35. The van der Waals surface area contributed by atoms with Gasteiger partial charge in [-0.3, -0.25) is 9.69 Å². The highest BCUT2D eigenvalue weighted by molar-refractivity contribution is 6.31. The van der Waals surface area contributed by atoms with Crippen molar-refractivity contribution in [2.24, 2.45) is 0 Å². The van der Waals surface area contributed by atoms with Crippen molar-refractivity contribution in [2.45, 2.75) is 24.7 Å². The van der Waals surface area contributed by atoms with Crippen molar-refractivity contribution in [1.29, 1.82) is 0 Å². The van der Waals surface area contributed by atoms with E-state index in [0.717, 1.165) is 12.1 Å². The van der Waals surface area contributed by atoms with Crippen molar-refractivity contribution in [3.8, 4) is 0 Å². The number of halogens is 5. The molecule has 1 aromatic carbocycles. The highest BCUT2D eigenvalue weighted by Gasteiger charge is 2.38. The molecule has 0 saturated carbocycles. The molecule has 128 valence electrons. The standard InChI is InChI=1S/C14H14ClF4NO3/c15-11-5-8(16)1-2-10(11)12(13(21)22)20-3-4-23-9(7-20)6-14(17,18)19/h1-2,5,9,12H,3-4,6-7H2,(H,21,22). The molecule has 9 heteroatoms. The molecule has 1 aliphatic heterocycles. The van der Waals surface area contributed by atoms with Gasteiger partial charge in [0.1, 0.15) is 11.9 Å². The van der Waals surface area contributed by atoms with Crippen LogP contribution in [0.2, 0.25) is 5.02 Å². The molecule has 1 aliphatic rings. The molecule has 4 nitrogen and oxygen atoms in total. The van der Waals surface area contributed by atoms with Crippen LogP contribution in [0.1, 0.15) is 18.0 Å². The van der Waals surface area contributed by atoms with Crippen LogP contribution in [-0.4, -0.2) is 48.0 Å². The molecule has 0 aliphatic carbocycles. The number of benzene rings is 1. The molecule has 23 heavy (non-hydrogen) atoms. The average Bonchev–Trinajstić information content (AvgIpc) is 2.40. The zero-order valence-corrected chi connectivity index (χ0v) is 12.6. The van der Waals surface area contributed by atoms with Crippen LogP contribution in [0.5, 0.6) is 0 Å². The Bertz CT molecular complexity index is 582. The average molecular weight is 356 g/mol. The normalized spacial score (nSPS) is 21.2. The number of ether oxygens (including phenoxy) is 1. The van der Waals surface area contributed by atoms with Crippen LogP contribution in [0.25, 0.3) is 0 Å². The van der Waals surface area contributed by atoms with Gasteiger partial charge in [-0.25, -0.2) is 4.39 Å². The summed E-state index contributed by atoms with van der Waals surface area (Å²) < 4.78 is 55.6.